The molecule has 2 aromatic carbocycles. The van der Waals surface area contributed by atoms with Gasteiger partial charge in [0.1, 0.15) is 5.82 Å². The van der Waals surface area contributed by atoms with Gasteiger partial charge in [0.2, 0.25) is 0 Å². The predicted molar refractivity (Wildman–Crippen MR) is 163 cm³/mol. The Morgan fingerprint density at radius 1 is 1.00 bits per heavy atom. The van der Waals surface area contributed by atoms with Crippen molar-refractivity contribution in [2.45, 2.75) is 38.3 Å². The first-order chi connectivity index (χ1) is 22.2. The second-order valence-corrected chi connectivity index (χ2v) is 12.5. The van der Waals surface area contributed by atoms with E-state index in [1.54, 1.807) is 36.2 Å². The zero-order valence-corrected chi connectivity index (χ0v) is 25.3. The molecule has 46 heavy (non-hydrogen) atoms. The topological polar surface area (TPSA) is 112 Å². The van der Waals surface area contributed by atoms with Crippen molar-refractivity contribution in [2.24, 2.45) is 0 Å². The molecule has 1 N–H and O–H groups in total. The maximum absolute atomic E-state index is 13.9. The Morgan fingerprint density at radius 2 is 1.78 bits per heavy atom. The fourth-order valence-corrected chi connectivity index (χ4v) is 7.30. The summed E-state index contributed by atoms with van der Waals surface area (Å²) >= 11 is 1.16. The van der Waals surface area contributed by atoms with Crippen molar-refractivity contribution in [3.05, 3.63) is 116 Å². The van der Waals surface area contributed by atoms with Crippen molar-refractivity contribution < 1.29 is 27.3 Å². The molecule has 0 saturated carbocycles. The monoisotopic (exact) mass is 645 g/mol. The summed E-state index contributed by atoms with van der Waals surface area (Å²) in [6.07, 6.45) is 2.47. The summed E-state index contributed by atoms with van der Waals surface area (Å²) in [4.78, 5) is 51.3. The lowest BCUT2D eigenvalue weighted by Gasteiger charge is -2.17. The molecule has 0 spiro atoms. The van der Waals surface area contributed by atoms with Crippen molar-refractivity contribution in [1.29, 1.82) is 0 Å². The maximum atomic E-state index is 13.9. The van der Waals surface area contributed by atoms with Gasteiger partial charge in [-0.2, -0.15) is 0 Å². The average molecular weight is 646 g/mol. The van der Waals surface area contributed by atoms with Crippen LogP contribution in [0, 0.1) is 17.5 Å². The zero-order chi connectivity index (χ0) is 32.1. The quantitative estimate of drug-likeness (QED) is 0.224. The number of halogens is 3. The van der Waals surface area contributed by atoms with Crippen LogP contribution in [0.15, 0.2) is 63.9 Å². The Labute approximate surface area is 264 Å². The number of thiophene rings is 1. The highest BCUT2D eigenvalue weighted by molar-refractivity contribution is 7.17. The van der Waals surface area contributed by atoms with Gasteiger partial charge in [-0.15, -0.1) is 11.3 Å². The molecule has 2 aliphatic heterocycles. The number of hydrogen-bond donors (Lipinski definition) is 1. The van der Waals surface area contributed by atoms with E-state index in [1.165, 1.54) is 23.1 Å². The summed E-state index contributed by atoms with van der Waals surface area (Å²) in [7, 11) is 1.56. The standard InChI is InChI=1S/C33H26F3N5O4S/c1-40(16-18-6-10-20(35)21(36)15-18)31(42)25-13-12-24(46-25)27-26(30-38-33(44)45-39-30)22(11-7-17-4-8-19(34)9-5-17)37-29-23-3-2-14-41(23)32(43)28(27)29/h4-6,8-10,12-13,15,23H,2-3,7,11,14,16H2,1H3,(H,38,39,44)/t23-/m1/s1. The molecule has 1 fully saturated rings. The largest absolute Gasteiger partial charge is 0.439 e. The van der Waals surface area contributed by atoms with Crippen LogP contribution in [0.4, 0.5) is 13.2 Å². The molecule has 2 amide bonds. The Morgan fingerprint density at radius 3 is 2.52 bits per heavy atom. The number of nitrogens with zero attached hydrogens (tertiary/aromatic N) is 4. The van der Waals surface area contributed by atoms with Gasteiger partial charge in [-0.05, 0) is 73.2 Å². The summed E-state index contributed by atoms with van der Waals surface area (Å²) in [5.41, 5.74) is 3.81. The minimum absolute atomic E-state index is 0.0437. The molecule has 13 heteroatoms. The number of amides is 2. The van der Waals surface area contributed by atoms with Crippen LogP contribution in [0.5, 0.6) is 0 Å². The number of hydrogen-bond acceptors (Lipinski definition) is 7. The Balaban J connectivity index is 1.32. The van der Waals surface area contributed by atoms with Crippen molar-refractivity contribution in [2.75, 3.05) is 13.6 Å². The minimum Gasteiger partial charge on any atom is -0.337 e. The number of fused-ring (bicyclic) bond motifs is 3. The zero-order valence-electron chi connectivity index (χ0n) is 24.5. The first kappa shape index (κ1) is 29.7. The highest BCUT2D eigenvalue weighted by Crippen LogP contribution is 2.48. The van der Waals surface area contributed by atoms with Crippen molar-refractivity contribution >= 4 is 23.2 Å². The third-order valence-corrected chi connectivity index (χ3v) is 9.49. The van der Waals surface area contributed by atoms with Crippen LogP contribution in [-0.4, -0.2) is 50.3 Å². The fraction of sp³-hybridized carbons (Fsp3) is 0.242. The van der Waals surface area contributed by atoms with Gasteiger partial charge in [0.15, 0.2) is 17.5 Å². The van der Waals surface area contributed by atoms with Crippen molar-refractivity contribution in [3.8, 4) is 21.8 Å². The summed E-state index contributed by atoms with van der Waals surface area (Å²) in [5.74, 6) is -3.54. The first-order valence-corrected chi connectivity index (χ1v) is 15.5. The van der Waals surface area contributed by atoms with Gasteiger partial charge < -0.3 is 9.80 Å². The van der Waals surface area contributed by atoms with Gasteiger partial charge >= 0.3 is 5.76 Å². The van der Waals surface area contributed by atoms with Gasteiger partial charge in [-0.1, -0.05) is 23.4 Å². The molecule has 0 unspecified atom stereocenters. The van der Waals surface area contributed by atoms with E-state index in [9.17, 15) is 27.6 Å². The Kier molecular flexibility index (Phi) is 7.55. The molecule has 0 bridgehead atoms. The molecule has 5 heterocycles. The lowest BCUT2D eigenvalue weighted by Crippen LogP contribution is -2.25. The van der Waals surface area contributed by atoms with E-state index in [1.807, 2.05) is 0 Å². The molecule has 1 atom stereocenters. The Bertz CT molecular complexity index is 2050. The number of H-pyrrole nitrogens is 1. The molecule has 5 aromatic rings. The summed E-state index contributed by atoms with van der Waals surface area (Å²) in [6.45, 7) is 0.630. The SMILES string of the molecule is CN(Cc1ccc(F)c(F)c1)C(=O)c1ccc(-c2c3c(nc(CCc4ccc(F)cc4)c2-c2noc(=O)[nH]2)[C@H]2CCCN2C3=O)s1. The van der Waals surface area contributed by atoms with E-state index in [4.69, 9.17) is 9.51 Å². The number of nitrogens with one attached hydrogen (secondary N) is 1. The minimum atomic E-state index is -0.998. The molecule has 9 nitrogen and oxygen atoms in total. The van der Waals surface area contributed by atoms with Crippen molar-refractivity contribution in [1.82, 2.24) is 24.9 Å². The van der Waals surface area contributed by atoms with Crippen LogP contribution in [0.25, 0.3) is 21.8 Å². The van der Waals surface area contributed by atoms with E-state index in [2.05, 4.69) is 10.1 Å². The highest BCUT2D eigenvalue weighted by Gasteiger charge is 2.44. The number of pyridine rings is 1. The van der Waals surface area contributed by atoms with Gasteiger partial charge in [0, 0.05) is 30.6 Å². The van der Waals surface area contributed by atoms with E-state index in [0.717, 1.165) is 41.9 Å². The average Bonchev–Trinajstić information content (AvgIpc) is 3.85. The molecule has 1 saturated heterocycles. The third kappa shape index (κ3) is 5.30. The molecular weight excluding hydrogens is 619 g/mol. The second kappa shape index (κ2) is 11.7. The molecular formula is C33H26F3N5O4S. The number of aromatic amines is 1. The van der Waals surface area contributed by atoms with Gasteiger partial charge in [-0.25, -0.2) is 18.0 Å². The van der Waals surface area contributed by atoms with Gasteiger partial charge in [0.25, 0.3) is 11.8 Å². The smallest absolute Gasteiger partial charge is 0.337 e. The maximum Gasteiger partial charge on any atom is 0.439 e. The van der Waals surface area contributed by atoms with Crippen molar-refractivity contribution in [3.63, 3.8) is 0 Å². The summed E-state index contributed by atoms with van der Waals surface area (Å²) in [6, 6.07) is 12.8. The number of aromatic nitrogens is 3. The van der Waals surface area contributed by atoms with Crippen LogP contribution < -0.4 is 5.76 Å². The summed E-state index contributed by atoms with van der Waals surface area (Å²) < 4.78 is 45.7. The molecule has 0 radical (unpaired) electrons. The van der Waals surface area contributed by atoms with E-state index in [0.29, 0.717) is 62.8 Å². The normalized spacial score (nSPS) is 15.3. The number of aryl methyl sites for hydroxylation is 2. The lowest BCUT2D eigenvalue weighted by atomic mass is 9.93. The van der Waals surface area contributed by atoms with E-state index in [-0.39, 0.29) is 36.0 Å². The van der Waals surface area contributed by atoms with Gasteiger partial charge in [-0.3, -0.25) is 24.1 Å². The summed E-state index contributed by atoms with van der Waals surface area (Å²) in [5, 5.41) is 3.97. The van der Waals surface area contributed by atoms with Crippen LogP contribution in [0.3, 0.4) is 0 Å². The highest BCUT2D eigenvalue weighted by atomic mass is 32.1. The molecule has 7 rings (SSSR count). The number of carbonyl (C=O) groups is 2. The Hall–Kier alpha value is -5.04. The molecule has 234 valence electrons. The van der Waals surface area contributed by atoms with Gasteiger partial charge in [0.05, 0.1) is 33.4 Å². The molecule has 0 aliphatic carbocycles. The lowest BCUT2D eigenvalue weighted by molar-refractivity contribution is 0.0773. The van der Waals surface area contributed by atoms with Crippen LogP contribution in [-0.2, 0) is 19.4 Å². The number of benzene rings is 2. The molecule has 2 aliphatic rings. The van der Waals surface area contributed by atoms with E-state index >= 15 is 0 Å². The van der Waals surface area contributed by atoms with Crippen LogP contribution in [0.1, 0.15) is 61.4 Å². The number of rotatable bonds is 8. The molecule has 3 aromatic heterocycles. The third-order valence-electron chi connectivity index (χ3n) is 8.40. The van der Waals surface area contributed by atoms with E-state index < -0.39 is 17.4 Å². The van der Waals surface area contributed by atoms with Crippen LogP contribution in [0.2, 0.25) is 0 Å². The first-order valence-electron chi connectivity index (χ1n) is 14.7. The van der Waals surface area contributed by atoms with Crippen LogP contribution >= 0.6 is 11.3 Å². The number of carbonyl (C=O) groups excluding carboxylic acids is 2. The second-order valence-electron chi connectivity index (χ2n) is 11.4. The predicted octanol–water partition coefficient (Wildman–Crippen LogP) is 5.92. The fourth-order valence-electron chi connectivity index (χ4n) is 6.24.